The maximum absolute atomic E-state index is 13.5. The van der Waals surface area contributed by atoms with E-state index in [1.54, 1.807) is 0 Å². The van der Waals surface area contributed by atoms with E-state index in [2.05, 4.69) is 0 Å². The van der Waals surface area contributed by atoms with Crippen molar-refractivity contribution in [2.24, 2.45) is 0 Å². The van der Waals surface area contributed by atoms with E-state index in [0.29, 0.717) is 0 Å². The van der Waals surface area contributed by atoms with Crippen molar-refractivity contribution in [3.8, 4) is 6.07 Å². The molecule has 0 aliphatic heterocycles. The molecule has 2 N–H and O–H groups in total. The van der Waals surface area contributed by atoms with E-state index in [1.165, 1.54) is 20.0 Å². The summed E-state index contributed by atoms with van der Waals surface area (Å²) in [5.41, 5.74) is 5.84. The average molecular weight is 271 g/mol. The average Bonchev–Trinajstić information content (AvgIpc) is 2.32. The van der Waals surface area contributed by atoms with Gasteiger partial charge in [0.2, 0.25) is 10.0 Å². The number of hydrogen-bond donors (Lipinski definition) is 1. The second-order valence-electron chi connectivity index (χ2n) is 3.85. The fraction of sp³-hybridized carbons (Fsp3) is 0.364. The van der Waals surface area contributed by atoms with Crippen LogP contribution in [0.4, 0.5) is 10.1 Å². The molecule has 7 heteroatoms. The minimum absolute atomic E-state index is 0.0498. The second kappa shape index (κ2) is 5.33. The number of nitrogens with two attached hydrogens (primary N) is 1. The van der Waals surface area contributed by atoms with Gasteiger partial charge in [0.05, 0.1) is 11.0 Å². The highest BCUT2D eigenvalue weighted by atomic mass is 32.2. The highest BCUT2D eigenvalue weighted by molar-refractivity contribution is 7.89. The molecule has 0 amide bonds. The van der Waals surface area contributed by atoms with Crippen LogP contribution in [0, 0.1) is 24.1 Å². The third-order valence-corrected chi connectivity index (χ3v) is 4.44. The zero-order valence-corrected chi connectivity index (χ0v) is 11.0. The van der Waals surface area contributed by atoms with Crippen LogP contribution >= 0.6 is 0 Å². The van der Waals surface area contributed by atoms with Crippen molar-refractivity contribution in [1.82, 2.24) is 4.31 Å². The predicted octanol–water partition coefficient (Wildman–Crippen LogP) is 1.25. The summed E-state index contributed by atoms with van der Waals surface area (Å²) in [6, 6.07) is 4.00. The van der Waals surface area contributed by atoms with Gasteiger partial charge < -0.3 is 5.73 Å². The van der Waals surface area contributed by atoms with E-state index in [0.717, 1.165) is 10.4 Å². The van der Waals surface area contributed by atoms with Crippen molar-refractivity contribution in [2.75, 3.05) is 19.3 Å². The van der Waals surface area contributed by atoms with Gasteiger partial charge in [-0.15, -0.1) is 0 Å². The van der Waals surface area contributed by atoms with E-state index in [-0.39, 0.29) is 29.1 Å². The number of nitrogen functional groups attached to an aromatic ring is 1. The van der Waals surface area contributed by atoms with Gasteiger partial charge in [-0.05, 0) is 19.1 Å². The van der Waals surface area contributed by atoms with Crippen LogP contribution in [-0.4, -0.2) is 26.3 Å². The largest absolute Gasteiger partial charge is 0.398 e. The molecule has 0 bridgehead atoms. The number of hydrogen-bond acceptors (Lipinski definition) is 4. The minimum atomic E-state index is -3.81. The fourth-order valence-corrected chi connectivity index (χ4v) is 2.55. The first kappa shape index (κ1) is 14.4. The predicted molar refractivity (Wildman–Crippen MR) is 65.6 cm³/mol. The molecule has 0 atom stereocenters. The molecule has 0 unspecified atom stereocenters. The van der Waals surface area contributed by atoms with Gasteiger partial charge in [-0.3, -0.25) is 0 Å². The summed E-state index contributed by atoms with van der Waals surface area (Å²) >= 11 is 0. The molecular formula is C11H14FN3O2S. The van der Waals surface area contributed by atoms with Gasteiger partial charge in [0, 0.05) is 31.3 Å². The Kier molecular flexibility index (Phi) is 4.27. The summed E-state index contributed by atoms with van der Waals surface area (Å²) in [6.45, 7) is 1.52. The molecule has 1 aromatic rings. The molecule has 0 saturated heterocycles. The van der Waals surface area contributed by atoms with Gasteiger partial charge in [-0.1, -0.05) is 0 Å². The van der Waals surface area contributed by atoms with Crippen molar-refractivity contribution in [1.29, 1.82) is 5.26 Å². The lowest BCUT2D eigenvalue weighted by atomic mass is 10.2. The first-order valence-electron chi connectivity index (χ1n) is 5.19. The van der Waals surface area contributed by atoms with Crippen molar-refractivity contribution in [2.45, 2.75) is 18.2 Å². The van der Waals surface area contributed by atoms with Gasteiger partial charge in [0.25, 0.3) is 0 Å². The van der Waals surface area contributed by atoms with Crippen LogP contribution < -0.4 is 5.73 Å². The van der Waals surface area contributed by atoms with E-state index in [9.17, 15) is 12.8 Å². The second-order valence-corrected chi connectivity index (χ2v) is 5.90. The Morgan fingerprint density at radius 1 is 1.50 bits per heavy atom. The summed E-state index contributed by atoms with van der Waals surface area (Å²) in [5, 5.41) is 8.42. The maximum Gasteiger partial charge on any atom is 0.243 e. The number of anilines is 1. The molecule has 0 heterocycles. The molecule has 0 aliphatic rings. The van der Waals surface area contributed by atoms with Crippen molar-refractivity contribution < 1.29 is 12.8 Å². The molecule has 0 aromatic heterocycles. The Balaban J connectivity index is 3.18. The van der Waals surface area contributed by atoms with E-state index < -0.39 is 15.8 Å². The normalized spacial score (nSPS) is 11.5. The lowest BCUT2D eigenvalue weighted by molar-refractivity contribution is 0.475. The molecule has 0 radical (unpaired) electrons. The molecule has 1 rings (SSSR count). The SMILES string of the molecule is Cc1c(N)cc(S(=O)(=O)N(C)CCC#N)cc1F. The topological polar surface area (TPSA) is 87.2 Å². The van der Waals surface area contributed by atoms with Crippen molar-refractivity contribution in [3.05, 3.63) is 23.5 Å². The van der Waals surface area contributed by atoms with Crippen molar-refractivity contribution in [3.63, 3.8) is 0 Å². The number of rotatable bonds is 4. The summed E-state index contributed by atoms with van der Waals surface area (Å²) in [7, 11) is -2.48. The Morgan fingerprint density at radius 3 is 2.61 bits per heavy atom. The number of nitrogens with zero attached hydrogens (tertiary/aromatic N) is 2. The highest BCUT2D eigenvalue weighted by Crippen LogP contribution is 2.23. The maximum atomic E-state index is 13.5. The van der Waals surface area contributed by atoms with Crippen LogP contribution in [0.2, 0.25) is 0 Å². The molecule has 18 heavy (non-hydrogen) atoms. The summed E-state index contributed by atoms with van der Waals surface area (Å²) in [6.07, 6.45) is 0.0690. The zero-order chi connectivity index (χ0) is 13.9. The molecule has 0 saturated carbocycles. The Bertz CT molecular complexity index is 570. The fourth-order valence-electron chi connectivity index (χ4n) is 1.33. The number of halogens is 1. The monoisotopic (exact) mass is 271 g/mol. The number of nitriles is 1. The molecule has 0 aliphatic carbocycles. The summed E-state index contributed by atoms with van der Waals surface area (Å²) in [5.74, 6) is -0.665. The quantitative estimate of drug-likeness (QED) is 0.835. The van der Waals surface area contributed by atoms with Gasteiger partial charge in [-0.25, -0.2) is 12.8 Å². The van der Waals surface area contributed by atoms with Crippen LogP contribution in [0.3, 0.4) is 0 Å². The zero-order valence-electron chi connectivity index (χ0n) is 10.1. The Hall–Kier alpha value is -1.65. The summed E-state index contributed by atoms with van der Waals surface area (Å²) < 4.78 is 38.6. The Labute approximate surface area is 106 Å². The van der Waals surface area contributed by atoms with Gasteiger partial charge >= 0.3 is 0 Å². The van der Waals surface area contributed by atoms with Crippen LogP contribution in [-0.2, 0) is 10.0 Å². The molecule has 5 nitrogen and oxygen atoms in total. The van der Waals surface area contributed by atoms with Crippen LogP contribution in [0.1, 0.15) is 12.0 Å². The molecule has 1 aromatic carbocycles. The lowest BCUT2D eigenvalue weighted by Crippen LogP contribution is -2.28. The van der Waals surface area contributed by atoms with Crippen LogP contribution in [0.5, 0.6) is 0 Å². The summed E-state index contributed by atoms with van der Waals surface area (Å²) in [4.78, 5) is -0.205. The first-order valence-corrected chi connectivity index (χ1v) is 6.63. The van der Waals surface area contributed by atoms with Gasteiger partial charge in [0.15, 0.2) is 0 Å². The molecule has 0 fully saturated rings. The molecule has 0 spiro atoms. The Morgan fingerprint density at radius 2 is 2.11 bits per heavy atom. The van der Waals surface area contributed by atoms with Gasteiger partial charge in [0.1, 0.15) is 5.82 Å². The molecule has 98 valence electrons. The van der Waals surface area contributed by atoms with Gasteiger partial charge in [-0.2, -0.15) is 9.57 Å². The number of sulfonamides is 1. The van der Waals surface area contributed by atoms with Crippen LogP contribution in [0.25, 0.3) is 0 Å². The minimum Gasteiger partial charge on any atom is -0.398 e. The lowest BCUT2D eigenvalue weighted by Gasteiger charge is -2.16. The van der Waals surface area contributed by atoms with E-state index in [4.69, 9.17) is 11.0 Å². The van der Waals surface area contributed by atoms with E-state index in [1.807, 2.05) is 6.07 Å². The standard InChI is InChI=1S/C11H14FN3O2S/c1-8-10(12)6-9(7-11(8)14)18(16,17)15(2)5-3-4-13/h6-7H,3,5,14H2,1-2H3. The first-order chi connectivity index (χ1) is 8.30. The van der Waals surface area contributed by atoms with Crippen molar-refractivity contribution >= 4 is 15.7 Å². The third-order valence-electron chi connectivity index (χ3n) is 2.60. The third kappa shape index (κ3) is 2.78. The molecular weight excluding hydrogens is 257 g/mol. The number of benzene rings is 1. The van der Waals surface area contributed by atoms with Crippen LogP contribution in [0.15, 0.2) is 17.0 Å². The smallest absolute Gasteiger partial charge is 0.243 e. The van der Waals surface area contributed by atoms with E-state index >= 15 is 0 Å². The highest BCUT2D eigenvalue weighted by Gasteiger charge is 2.22.